The summed E-state index contributed by atoms with van der Waals surface area (Å²) in [5.74, 6) is 0.723. The first-order valence-electron chi connectivity index (χ1n) is 6.19. The predicted molar refractivity (Wildman–Crippen MR) is 73.2 cm³/mol. The van der Waals surface area contributed by atoms with Crippen LogP contribution in [0.4, 0.5) is 0 Å². The van der Waals surface area contributed by atoms with Gasteiger partial charge in [0.2, 0.25) is 0 Å². The maximum atomic E-state index is 12.5. The molecule has 2 aliphatic rings. The molecule has 18 heavy (non-hydrogen) atoms. The van der Waals surface area contributed by atoms with Crippen molar-refractivity contribution >= 4 is 17.5 Å². The Morgan fingerprint density at radius 2 is 1.72 bits per heavy atom. The van der Waals surface area contributed by atoms with Crippen LogP contribution in [0, 0.1) is 0 Å². The molecule has 0 bridgehead atoms. The molecular weight excluding hydrogens is 240 g/mol. The molecule has 0 unspecified atom stereocenters. The number of rotatable bonds is 1. The normalized spacial score (nSPS) is 28.4. The second-order valence-corrected chi connectivity index (χ2v) is 6.36. The number of hydrogen-bond acceptors (Lipinski definition) is 2. The molecule has 1 fully saturated rings. The molecule has 1 aliphatic heterocycles. The fourth-order valence-electron chi connectivity index (χ4n) is 2.89. The molecule has 4 rings (SSSR count). The highest BCUT2D eigenvalue weighted by Crippen LogP contribution is 2.67. The third-order valence-corrected chi connectivity index (χ3v) is 5.50. The lowest BCUT2D eigenvalue weighted by atomic mass is 10.0. The van der Waals surface area contributed by atoms with E-state index < -0.39 is 0 Å². The van der Waals surface area contributed by atoms with Crippen molar-refractivity contribution in [1.82, 2.24) is 0 Å². The van der Waals surface area contributed by atoms with Crippen LogP contribution >= 0.6 is 11.8 Å². The van der Waals surface area contributed by atoms with Crippen molar-refractivity contribution in [2.75, 3.05) is 0 Å². The summed E-state index contributed by atoms with van der Waals surface area (Å²) in [7, 11) is 0. The molecule has 88 valence electrons. The van der Waals surface area contributed by atoms with Crippen LogP contribution in [-0.4, -0.2) is 10.5 Å². The van der Waals surface area contributed by atoms with Gasteiger partial charge in [-0.25, -0.2) is 0 Å². The van der Waals surface area contributed by atoms with E-state index in [1.807, 2.05) is 24.3 Å². The first kappa shape index (κ1) is 10.4. The highest BCUT2D eigenvalue weighted by atomic mass is 32.2. The zero-order valence-electron chi connectivity index (χ0n) is 9.80. The first-order chi connectivity index (χ1) is 8.81. The smallest absolute Gasteiger partial charge is 0.181 e. The van der Waals surface area contributed by atoms with Crippen LogP contribution in [0.3, 0.4) is 0 Å². The zero-order valence-corrected chi connectivity index (χ0v) is 10.6. The van der Waals surface area contributed by atoms with E-state index in [2.05, 4.69) is 30.3 Å². The predicted octanol–water partition coefficient (Wildman–Crippen LogP) is 3.90. The van der Waals surface area contributed by atoms with Crippen LogP contribution in [0.15, 0.2) is 59.5 Å². The summed E-state index contributed by atoms with van der Waals surface area (Å²) in [5.41, 5.74) is 2.21. The molecule has 0 aromatic heterocycles. The Labute approximate surface area is 110 Å². The number of fused-ring (bicyclic) bond motifs is 1. The van der Waals surface area contributed by atoms with Gasteiger partial charge in [0.25, 0.3) is 0 Å². The van der Waals surface area contributed by atoms with Crippen molar-refractivity contribution < 1.29 is 4.79 Å². The minimum Gasteiger partial charge on any atom is -0.293 e. The van der Waals surface area contributed by atoms with Crippen LogP contribution in [0.25, 0.3) is 0 Å². The molecule has 0 radical (unpaired) electrons. The Balaban J connectivity index is 1.73. The maximum Gasteiger partial charge on any atom is 0.181 e. The minimum absolute atomic E-state index is 0.189. The van der Waals surface area contributed by atoms with E-state index in [1.165, 1.54) is 5.56 Å². The van der Waals surface area contributed by atoms with Crippen molar-refractivity contribution in [2.24, 2.45) is 0 Å². The second-order valence-electron chi connectivity index (χ2n) is 4.98. The Morgan fingerprint density at radius 1 is 1.00 bits per heavy atom. The molecule has 2 atom stereocenters. The average Bonchev–Trinajstić information content (AvgIpc) is 3.08. The van der Waals surface area contributed by atoms with E-state index in [-0.39, 0.29) is 4.75 Å². The molecule has 1 nitrogen and oxygen atoms in total. The number of benzene rings is 2. The van der Waals surface area contributed by atoms with Crippen molar-refractivity contribution in [3.05, 3.63) is 65.7 Å². The Morgan fingerprint density at radius 3 is 2.50 bits per heavy atom. The molecule has 2 aromatic carbocycles. The Kier molecular flexibility index (Phi) is 2.01. The summed E-state index contributed by atoms with van der Waals surface area (Å²) in [6.07, 6.45) is 0.981. The van der Waals surface area contributed by atoms with Crippen LogP contribution in [-0.2, 0) is 0 Å². The summed E-state index contributed by atoms with van der Waals surface area (Å²) in [6, 6.07) is 18.4. The molecule has 1 spiro atoms. The van der Waals surface area contributed by atoms with E-state index in [0.29, 0.717) is 11.7 Å². The third kappa shape index (κ3) is 1.27. The summed E-state index contributed by atoms with van der Waals surface area (Å²) < 4.78 is -0.189. The van der Waals surface area contributed by atoms with Crippen LogP contribution in [0.2, 0.25) is 0 Å². The van der Waals surface area contributed by atoms with E-state index in [9.17, 15) is 4.79 Å². The van der Waals surface area contributed by atoms with Crippen LogP contribution in [0.1, 0.15) is 28.3 Å². The monoisotopic (exact) mass is 252 g/mol. The number of thioether (sulfide) groups is 1. The molecule has 1 aliphatic carbocycles. The van der Waals surface area contributed by atoms with Gasteiger partial charge in [0.05, 0.1) is 4.75 Å². The van der Waals surface area contributed by atoms with E-state index in [1.54, 1.807) is 11.8 Å². The van der Waals surface area contributed by atoms with Gasteiger partial charge in [0.15, 0.2) is 5.78 Å². The summed E-state index contributed by atoms with van der Waals surface area (Å²) >= 11 is 1.77. The van der Waals surface area contributed by atoms with Gasteiger partial charge in [-0.15, -0.1) is 11.8 Å². The summed E-state index contributed by atoms with van der Waals surface area (Å²) in [6.45, 7) is 0. The number of carbonyl (C=O) groups is 1. The Hall–Kier alpha value is -1.54. The topological polar surface area (TPSA) is 17.1 Å². The zero-order chi connectivity index (χ0) is 12.2. The number of ketones is 1. The van der Waals surface area contributed by atoms with Gasteiger partial charge >= 0.3 is 0 Å². The van der Waals surface area contributed by atoms with Crippen LogP contribution in [0.5, 0.6) is 0 Å². The maximum absolute atomic E-state index is 12.5. The van der Waals surface area contributed by atoms with Gasteiger partial charge in [0.1, 0.15) is 0 Å². The van der Waals surface area contributed by atoms with Crippen molar-refractivity contribution in [2.45, 2.75) is 22.0 Å². The lowest BCUT2D eigenvalue weighted by molar-refractivity contribution is 0.0981. The second kappa shape index (κ2) is 3.48. The molecule has 1 saturated carbocycles. The average molecular weight is 252 g/mol. The van der Waals surface area contributed by atoms with Gasteiger partial charge in [-0.2, -0.15) is 0 Å². The van der Waals surface area contributed by atoms with Crippen molar-refractivity contribution in [1.29, 1.82) is 0 Å². The summed E-state index contributed by atoms with van der Waals surface area (Å²) in [4.78, 5) is 13.7. The standard InChI is InChI=1S/C16H12OS/c17-15-12-8-4-5-9-14(12)18-16(15)10-13(16)11-6-2-1-3-7-11/h1-9,13H,10H2/t13-,16+/m1/s1. The molecule has 2 heteroatoms. The molecular formula is C16H12OS. The largest absolute Gasteiger partial charge is 0.293 e. The third-order valence-electron chi connectivity index (χ3n) is 3.92. The number of carbonyl (C=O) groups excluding carboxylic acids is 1. The minimum atomic E-state index is -0.189. The van der Waals surface area contributed by atoms with E-state index >= 15 is 0 Å². The fraction of sp³-hybridized carbons (Fsp3) is 0.188. The van der Waals surface area contributed by atoms with Gasteiger partial charge in [0, 0.05) is 16.4 Å². The molecule has 0 amide bonds. The summed E-state index contributed by atoms with van der Waals surface area (Å²) in [5, 5.41) is 0. The highest BCUT2D eigenvalue weighted by molar-refractivity contribution is 8.02. The molecule has 2 aromatic rings. The molecule has 0 N–H and O–H groups in total. The Bertz CT molecular complexity index is 635. The molecule has 1 heterocycles. The number of hydrogen-bond donors (Lipinski definition) is 0. The molecule has 0 saturated heterocycles. The number of Topliss-reactive ketones (excluding diaryl/α,β-unsaturated/α-hetero) is 1. The van der Waals surface area contributed by atoms with Gasteiger partial charge < -0.3 is 0 Å². The van der Waals surface area contributed by atoms with Gasteiger partial charge in [-0.3, -0.25) is 4.79 Å². The van der Waals surface area contributed by atoms with E-state index in [0.717, 1.165) is 16.9 Å². The lowest BCUT2D eigenvalue weighted by Crippen LogP contribution is -2.15. The quantitative estimate of drug-likeness (QED) is 0.765. The van der Waals surface area contributed by atoms with Crippen molar-refractivity contribution in [3.63, 3.8) is 0 Å². The van der Waals surface area contributed by atoms with E-state index in [4.69, 9.17) is 0 Å². The van der Waals surface area contributed by atoms with Crippen LogP contribution < -0.4 is 0 Å². The fourth-order valence-corrected chi connectivity index (χ4v) is 4.43. The highest BCUT2D eigenvalue weighted by Gasteiger charge is 2.64. The van der Waals surface area contributed by atoms with Crippen molar-refractivity contribution in [3.8, 4) is 0 Å². The SMILES string of the molecule is O=C1c2ccccc2S[C@]12C[C@@H]2c1ccccc1. The van der Waals surface area contributed by atoms with Gasteiger partial charge in [-0.05, 0) is 18.1 Å². The van der Waals surface area contributed by atoms with Gasteiger partial charge in [-0.1, -0.05) is 48.5 Å². The first-order valence-corrected chi connectivity index (χ1v) is 7.01. The lowest BCUT2D eigenvalue weighted by Gasteiger charge is -2.06.